The third-order valence-corrected chi connectivity index (χ3v) is 4.85. The molecule has 0 saturated heterocycles. The SMILES string of the molecule is O=C(COC(=O)[C@H]1C[C@H]2C=C[C@H]1C2)NCc1ccc2c(c1)OCO2. The first-order valence-corrected chi connectivity index (χ1v) is 8.19. The lowest BCUT2D eigenvalue weighted by Gasteiger charge is -2.16. The van der Waals surface area contributed by atoms with E-state index in [0.29, 0.717) is 29.9 Å². The van der Waals surface area contributed by atoms with Crippen LogP contribution in [0.4, 0.5) is 0 Å². The molecule has 1 aromatic rings. The highest BCUT2D eigenvalue weighted by molar-refractivity contribution is 5.81. The van der Waals surface area contributed by atoms with Gasteiger partial charge in [-0.1, -0.05) is 18.2 Å². The second-order valence-corrected chi connectivity index (χ2v) is 6.46. The van der Waals surface area contributed by atoms with Crippen LogP contribution in [0.15, 0.2) is 30.4 Å². The summed E-state index contributed by atoms with van der Waals surface area (Å²) in [4.78, 5) is 23.9. The van der Waals surface area contributed by atoms with Crippen LogP contribution in [0.3, 0.4) is 0 Å². The maximum atomic E-state index is 12.1. The molecule has 1 aromatic carbocycles. The number of fused-ring (bicyclic) bond motifs is 3. The predicted molar refractivity (Wildman–Crippen MR) is 84.2 cm³/mol. The Morgan fingerprint density at radius 1 is 1.17 bits per heavy atom. The number of carbonyl (C=O) groups excluding carboxylic acids is 2. The highest BCUT2D eigenvalue weighted by Gasteiger charge is 2.40. The van der Waals surface area contributed by atoms with Crippen LogP contribution in [-0.4, -0.2) is 25.3 Å². The minimum absolute atomic E-state index is 0.0818. The molecule has 0 radical (unpaired) electrons. The fourth-order valence-electron chi connectivity index (χ4n) is 3.60. The Kier molecular flexibility index (Phi) is 3.88. The molecule has 3 atom stereocenters. The van der Waals surface area contributed by atoms with Gasteiger partial charge in [0, 0.05) is 6.54 Å². The van der Waals surface area contributed by atoms with Gasteiger partial charge in [0.15, 0.2) is 18.1 Å². The van der Waals surface area contributed by atoms with Gasteiger partial charge >= 0.3 is 5.97 Å². The molecule has 1 heterocycles. The van der Waals surface area contributed by atoms with E-state index in [-0.39, 0.29) is 31.2 Å². The zero-order chi connectivity index (χ0) is 16.5. The van der Waals surface area contributed by atoms with Crippen molar-refractivity contribution in [1.82, 2.24) is 5.32 Å². The Labute approximate surface area is 139 Å². The van der Waals surface area contributed by atoms with Crippen molar-refractivity contribution in [3.63, 3.8) is 0 Å². The molecule has 126 valence electrons. The number of hydrogen-bond donors (Lipinski definition) is 1. The summed E-state index contributed by atoms with van der Waals surface area (Å²) in [7, 11) is 0. The number of nitrogens with one attached hydrogen (secondary N) is 1. The van der Waals surface area contributed by atoms with Crippen LogP contribution in [0.1, 0.15) is 18.4 Å². The molecule has 1 amide bonds. The quantitative estimate of drug-likeness (QED) is 0.658. The molecule has 1 saturated carbocycles. The minimum atomic E-state index is -0.306. The zero-order valence-electron chi connectivity index (χ0n) is 13.2. The van der Waals surface area contributed by atoms with Crippen molar-refractivity contribution in [1.29, 1.82) is 0 Å². The molecule has 0 unspecified atom stereocenters. The Hall–Kier alpha value is -2.50. The predicted octanol–water partition coefficient (Wildman–Crippen LogP) is 1.79. The number of benzene rings is 1. The van der Waals surface area contributed by atoms with Crippen molar-refractivity contribution in [2.45, 2.75) is 19.4 Å². The largest absolute Gasteiger partial charge is 0.455 e. The van der Waals surface area contributed by atoms with E-state index in [1.807, 2.05) is 18.2 Å². The van der Waals surface area contributed by atoms with Crippen molar-refractivity contribution >= 4 is 11.9 Å². The normalized spacial score (nSPS) is 25.8. The van der Waals surface area contributed by atoms with Crippen LogP contribution in [0, 0.1) is 17.8 Å². The third kappa shape index (κ3) is 2.96. The molecular weight excluding hydrogens is 310 g/mol. The molecule has 3 aliphatic rings. The molecule has 2 aliphatic carbocycles. The molecule has 0 aromatic heterocycles. The Morgan fingerprint density at radius 3 is 2.83 bits per heavy atom. The standard InChI is InChI=1S/C18H19NO5/c20-17(9-22-18(21)14-6-11-1-3-13(14)5-11)19-8-12-2-4-15-16(7-12)24-10-23-15/h1-4,7,11,13-14H,5-6,8-10H2,(H,19,20)/t11-,13-,14-/m0/s1. The van der Waals surface area contributed by atoms with E-state index in [2.05, 4.69) is 17.5 Å². The summed E-state index contributed by atoms with van der Waals surface area (Å²) in [6, 6.07) is 5.50. The fourth-order valence-corrected chi connectivity index (χ4v) is 3.60. The van der Waals surface area contributed by atoms with Crippen molar-refractivity contribution in [3.8, 4) is 11.5 Å². The number of hydrogen-bond acceptors (Lipinski definition) is 5. The smallest absolute Gasteiger partial charge is 0.310 e. The van der Waals surface area contributed by atoms with Crippen LogP contribution >= 0.6 is 0 Å². The van der Waals surface area contributed by atoms with E-state index >= 15 is 0 Å². The van der Waals surface area contributed by atoms with Gasteiger partial charge < -0.3 is 19.5 Å². The van der Waals surface area contributed by atoms with Gasteiger partial charge in [-0.05, 0) is 42.4 Å². The van der Waals surface area contributed by atoms with Gasteiger partial charge in [-0.15, -0.1) is 0 Å². The summed E-state index contributed by atoms with van der Waals surface area (Å²) >= 11 is 0. The molecule has 2 bridgehead atoms. The van der Waals surface area contributed by atoms with Crippen molar-refractivity contribution in [2.24, 2.45) is 17.8 Å². The topological polar surface area (TPSA) is 73.9 Å². The number of allylic oxidation sites excluding steroid dienone is 2. The highest BCUT2D eigenvalue weighted by Crippen LogP contribution is 2.43. The van der Waals surface area contributed by atoms with E-state index in [1.165, 1.54) is 0 Å². The van der Waals surface area contributed by atoms with Gasteiger partial charge in [0.1, 0.15) is 0 Å². The molecule has 1 fully saturated rings. The summed E-state index contributed by atoms with van der Waals surface area (Å²) in [5, 5.41) is 2.74. The van der Waals surface area contributed by atoms with Crippen molar-refractivity contribution in [3.05, 3.63) is 35.9 Å². The van der Waals surface area contributed by atoms with Crippen LogP contribution < -0.4 is 14.8 Å². The average Bonchev–Trinajstić information content (AvgIpc) is 3.33. The maximum Gasteiger partial charge on any atom is 0.310 e. The van der Waals surface area contributed by atoms with E-state index in [4.69, 9.17) is 14.2 Å². The Balaban J connectivity index is 1.22. The number of esters is 1. The van der Waals surface area contributed by atoms with Crippen LogP contribution in [0.25, 0.3) is 0 Å². The molecule has 24 heavy (non-hydrogen) atoms. The summed E-state index contributed by atoms with van der Waals surface area (Å²) < 4.78 is 15.7. The average molecular weight is 329 g/mol. The van der Waals surface area contributed by atoms with Gasteiger partial charge in [0.05, 0.1) is 5.92 Å². The molecule has 1 N–H and O–H groups in total. The number of carbonyl (C=O) groups is 2. The molecular formula is C18H19NO5. The van der Waals surface area contributed by atoms with E-state index < -0.39 is 0 Å². The van der Waals surface area contributed by atoms with Crippen LogP contribution in [0.2, 0.25) is 0 Å². The zero-order valence-corrected chi connectivity index (χ0v) is 13.2. The van der Waals surface area contributed by atoms with Crippen molar-refractivity contribution < 1.29 is 23.8 Å². The van der Waals surface area contributed by atoms with Gasteiger partial charge in [-0.25, -0.2) is 0 Å². The van der Waals surface area contributed by atoms with E-state index in [1.54, 1.807) is 0 Å². The second-order valence-electron chi connectivity index (χ2n) is 6.46. The first kappa shape index (κ1) is 15.1. The number of amides is 1. The van der Waals surface area contributed by atoms with E-state index in [9.17, 15) is 9.59 Å². The first-order valence-electron chi connectivity index (χ1n) is 8.19. The van der Waals surface area contributed by atoms with Gasteiger partial charge in [-0.2, -0.15) is 0 Å². The lowest BCUT2D eigenvalue weighted by Crippen LogP contribution is -2.30. The minimum Gasteiger partial charge on any atom is -0.455 e. The van der Waals surface area contributed by atoms with Gasteiger partial charge in [0.25, 0.3) is 5.91 Å². The van der Waals surface area contributed by atoms with Crippen molar-refractivity contribution in [2.75, 3.05) is 13.4 Å². The van der Waals surface area contributed by atoms with Crippen LogP contribution in [0.5, 0.6) is 11.5 Å². The number of ether oxygens (including phenoxy) is 3. The summed E-state index contributed by atoms with van der Waals surface area (Å²) in [5.74, 6) is 1.54. The molecule has 1 aliphatic heterocycles. The highest BCUT2D eigenvalue weighted by atomic mass is 16.7. The molecule has 0 spiro atoms. The van der Waals surface area contributed by atoms with Crippen LogP contribution in [-0.2, 0) is 20.9 Å². The first-order chi connectivity index (χ1) is 11.7. The Bertz CT molecular complexity index is 699. The summed E-state index contributed by atoms with van der Waals surface area (Å²) in [5.41, 5.74) is 0.900. The molecule has 4 rings (SSSR count). The number of rotatable bonds is 5. The summed E-state index contributed by atoms with van der Waals surface area (Å²) in [6.45, 7) is 0.337. The van der Waals surface area contributed by atoms with Gasteiger partial charge in [-0.3, -0.25) is 9.59 Å². The monoisotopic (exact) mass is 329 g/mol. The third-order valence-electron chi connectivity index (χ3n) is 4.85. The summed E-state index contributed by atoms with van der Waals surface area (Å²) in [6.07, 6.45) is 6.15. The second kappa shape index (κ2) is 6.19. The maximum absolute atomic E-state index is 12.1. The molecule has 6 heteroatoms. The molecule has 6 nitrogen and oxygen atoms in total. The fraction of sp³-hybridized carbons (Fsp3) is 0.444. The Morgan fingerprint density at radius 2 is 2.04 bits per heavy atom. The lowest BCUT2D eigenvalue weighted by molar-refractivity contribution is -0.153. The lowest BCUT2D eigenvalue weighted by atomic mass is 9.94. The van der Waals surface area contributed by atoms with Gasteiger partial charge in [0.2, 0.25) is 6.79 Å². The van der Waals surface area contributed by atoms with E-state index in [0.717, 1.165) is 18.4 Å².